The van der Waals surface area contributed by atoms with Crippen LogP contribution in [0.3, 0.4) is 0 Å². The highest BCUT2D eigenvalue weighted by Gasteiger charge is 2.23. The van der Waals surface area contributed by atoms with Gasteiger partial charge in [0.25, 0.3) is 0 Å². The first-order valence-electron chi connectivity index (χ1n) is 6.96. The highest BCUT2D eigenvalue weighted by Crippen LogP contribution is 2.31. The average molecular weight is 273 g/mol. The molecule has 4 nitrogen and oxygen atoms in total. The monoisotopic (exact) mass is 273 g/mol. The van der Waals surface area contributed by atoms with Crippen molar-refractivity contribution in [3.05, 3.63) is 46.8 Å². The maximum Gasteiger partial charge on any atom is 0.161 e. The van der Waals surface area contributed by atoms with Gasteiger partial charge in [-0.3, -0.25) is 4.68 Å². The van der Waals surface area contributed by atoms with Crippen LogP contribution in [0.4, 0.5) is 0 Å². The van der Waals surface area contributed by atoms with Crippen LogP contribution < -0.4 is 10.1 Å². The molecule has 1 heterocycles. The van der Waals surface area contributed by atoms with Gasteiger partial charge in [-0.05, 0) is 38.9 Å². The highest BCUT2D eigenvalue weighted by molar-refractivity contribution is 5.41. The van der Waals surface area contributed by atoms with E-state index < -0.39 is 0 Å². The van der Waals surface area contributed by atoms with Gasteiger partial charge in [-0.15, -0.1) is 0 Å². The maximum absolute atomic E-state index is 5.48. The third-order valence-electron chi connectivity index (χ3n) is 3.67. The van der Waals surface area contributed by atoms with E-state index in [4.69, 9.17) is 4.74 Å². The molecule has 1 atom stereocenters. The molecule has 0 saturated carbocycles. The van der Waals surface area contributed by atoms with E-state index in [-0.39, 0.29) is 6.04 Å². The van der Waals surface area contributed by atoms with Crippen LogP contribution in [0.15, 0.2) is 24.4 Å². The molecule has 20 heavy (non-hydrogen) atoms. The summed E-state index contributed by atoms with van der Waals surface area (Å²) in [6.45, 7) is 7.16. The summed E-state index contributed by atoms with van der Waals surface area (Å²) in [7, 11) is 3.66. The number of nitrogens with one attached hydrogen (secondary N) is 1. The fraction of sp³-hybridized carbons (Fsp3) is 0.438. The molecule has 0 aliphatic rings. The van der Waals surface area contributed by atoms with Gasteiger partial charge in [0.2, 0.25) is 0 Å². The first-order valence-corrected chi connectivity index (χ1v) is 6.96. The first-order chi connectivity index (χ1) is 9.62. The lowest BCUT2D eigenvalue weighted by Crippen LogP contribution is -2.23. The van der Waals surface area contributed by atoms with Gasteiger partial charge in [0.1, 0.15) is 5.69 Å². The molecule has 4 heteroatoms. The van der Waals surface area contributed by atoms with Gasteiger partial charge in [-0.1, -0.05) is 23.8 Å². The molecule has 1 N–H and O–H groups in total. The minimum Gasteiger partial charge on any atom is -0.493 e. The van der Waals surface area contributed by atoms with E-state index in [0.717, 1.165) is 18.0 Å². The molecule has 0 fully saturated rings. The summed E-state index contributed by atoms with van der Waals surface area (Å²) in [5.74, 6) is 0.826. The van der Waals surface area contributed by atoms with Crippen LogP contribution in [-0.2, 0) is 6.54 Å². The zero-order chi connectivity index (χ0) is 14.7. The third-order valence-corrected chi connectivity index (χ3v) is 3.67. The zero-order valence-electron chi connectivity index (χ0n) is 12.9. The molecule has 0 aliphatic heterocycles. The summed E-state index contributed by atoms with van der Waals surface area (Å²) < 4.78 is 7.47. The van der Waals surface area contributed by atoms with E-state index in [9.17, 15) is 0 Å². The lowest BCUT2D eigenvalue weighted by molar-refractivity contribution is 0.401. The van der Waals surface area contributed by atoms with Crippen molar-refractivity contribution in [1.82, 2.24) is 15.1 Å². The molecule has 0 spiro atoms. The third kappa shape index (κ3) is 2.56. The van der Waals surface area contributed by atoms with Crippen LogP contribution in [0, 0.1) is 13.8 Å². The fourth-order valence-electron chi connectivity index (χ4n) is 2.59. The summed E-state index contributed by atoms with van der Waals surface area (Å²) in [4.78, 5) is 0. The molecule has 2 aromatic rings. The number of hydrogen-bond acceptors (Lipinski definition) is 3. The Bertz CT molecular complexity index is 568. The molecule has 2 rings (SSSR count). The summed E-state index contributed by atoms with van der Waals surface area (Å²) >= 11 is 0. The predicted octanol–water partition coefficient (Wildman–Crippen LogP) is 2.84. The SMILES string of the molecule is CCn1ncc(OC)c1C(NC)c1cc(C)ccc1C. The quantitative estimate of drug-likeness (QED) is 0.910. The molecule has 1 unspecified atom stereocenters. The number of nitrogens with zero attached hydrogens (tertiary/aromatic N) is 2. The predicted molar refractivity (Wildman–Crippen MR) is 81.3 cm³/mol. The van der Waals surface area contributed by atoms with Gasteiger partial charge in [0.05, 0.1) is 19.3 Å². The lowest BCUT2D eigenvalue weighted by Gasteiger charge is -2.21. The maximum atomic E-state index is 5.48. The van der Waals surface area contributed by atoms with Gasteiger partial charge in [-0.25, -0.2) is 0 Å². The molecule has 1 aromatic carbocycles. The number of aromatic nitrogens is 2. The van der Waals surface area contributed by atoms with E-state index in [0.29, 0.717) is 0 Å². The number of hydrogen-bond donors (Lipinski definition) is 1. The Morgan fingerprint density at radius 2 is 2.10 bits per heavy atom. The van der Waals surface area contributed by atoms with Crippen LogP contribution >= 0.6 is 0 Å². The summed E-state index contributed by atoms with van der Waals surface area (Å²) in [5, 5.41) is 7.80. The molecule has 0 aliphatic carbocycles. The number of ether oxygens (including phenoxy) is 1. The Morgan fingerprint density at radius 3 is 2.70 bits per heavy atom. The number of methoxy groups -OCH3 is 1. The van der Waals surface area contributed by atoms with Crippen LogP contribution in [0.5, 0.6) is 5.75 Å². The Morgan fingerprint density at radius 1 is 1.35 bits per heavy atom. The lowest BCUT2D eigenvalue weighted by atomic mass is 9.96. The molecule has 0 amide bonds. The zero-order valence-corrected chi connectivity index (χ0v) is 12.9. The summed E-state index contributed by atoms with van der Waals surface area (Å²) in [5.41, 5.74) is 4.86. The standard InChI is InChI=1S/C16H23N3O/c1-6-19-16(14(20-5)10-18-19)15(17-4)13-9-11(2)7-8-12(13)3/h7-10,15,17H,6H2,1-5H3. The van der Waals surface area contributed by atoms with Crippen molar-refractivity contribution in [2.75, 3.05) is 14.2 Å². The van der Waals surface area contributed by atoms with Crippen molar-refractivity contribution >= 4 is 0 Å². The molecule has 1 aromatic heterocycles. The topological polar surface area (TPSA) is 39.1 Å². The smallest absolute Gasteiger partial charge is 0.161 e. The Labute approximate surface area is 120 Å². The Kier molecular flexibility index (Phi) is 4.45. The second-order valence-corrected chi connectivity index (χ2v) is 5.00. The summed E-state index contributed by atoms with van der Waals surface area (Å²) in [6, 6.07) is 6.60. The van der Waals surface area contributed by atoms with E-state index in [1.807, 2.05) is 11.7 Å². The number of aryl methyl sites for hydroxylation is 3. The highest BCUT2D eigenvalue weighted by atomic mass is 16.5. The van der Waals surface area contributed by atoms with Crippen LogP contribution in [0.1, 0.15) is 35.3 Å². The molecule has 0 bridgehead atoms. The second-order valence-electron chi connectivity index (χ2n) is 5.00. The number of rotatable bonds is 5. The second kappa shape index (κ2) is 6.09. The fourth-order valence-corrected chi connectivity index (χ4v) is 2.59. The molecule has 0 radical (unpaired) electrons. The molecular formula is C16H23N3O. The van der Waals surface area contributed by atoms with E-state index >= 15 is 0 Å². The minimum absolute atomic E-state index is 0.0762. The van der Waals surface area contributed by atoms with Crippen LogP contribution in [-0.4, -0.2) is 23.9 Å². The summed E-state index contributed by atoms with van der Waals surface area (Å²) in [6.07, 6.45) is 1.79. The largest absolute Gasteiger partial charge is 0.493 e. The Balaban J connectivity index is 2.57. The Hall–Kier alpha value is -1.81. The molecule has 0 saturated heterocycles. The first kappa shape index (κ1) is 14.6. The number of benzene rings is 1. The van der Waals surface area contributed by atoms with Gasteiger partial charge in [0.15, 0.2) is 5.75 Å². The van der Waals surface area contributed by atoms with Crippen molar-refractivity contribution in [3.8, 4) is 5.75 Å². The van der Waals surface area contributed by atoms with Gasteiger partial charge in [0, 0.05) is 6.54 Å². The van der Waals surface area contributed by atoms with Crippen LogP contribution in [0.2, 0.25) is 0 Å². The van der Waals surface area contributed by atoms with Crippen LogP contribution in [0.25, 0.3) is 0 Å². The minimum atomic E-state index is 0.0762. The van der Waals surface area contributed by atoms with Gasteiger partial charge >= 0.3 is 0 Å². The van der Waals surface area contributed by atoms with E-state index in [1.54, 1.807) is 13.3 Å². The normalized spacial score (nSPS) is 12.4. The van der Waals surface area contributed by atoms with Crippen molar-refractivity contribution in [2.45, 2.75) is 33.4 Å². The van der Waals surface area contributed by atoms with Crippen molar-refractivity contribution in [1.29, 1.82) is 0 Å². The van der Waals surface area contributed by atoms with Gasteiger partial charge < -0.3 is 10.1 Å². The van der Waals surface area contributed by atoms with Gasteiger partial charge in [-0.2, -0.15) is 5.10 Å². The molecular weight excluding hydrogens is 250 g/mol. The van der Waals surface area contributed by atoms with Crippen molar-refractivity contribution in [2.24, 2.45) is 0 Å². The average Bonchev–Trinajstić information content (AvgIpc) is 2.86. The van der Waals surface area contributed by atoms with E-state index in [1.165, 1.54) is 16.7 Å². The van der Waals surface area contributed by atoms with Crippen molar-refractivity contribution in [3.63, 3.8) is 0 Å². The molecule has 108 valence electrons. The van der Waals surface area contributed by atoms with Crippen molar-refractivity contribution < 1.29 is 4.74 Å². The van der Waals surface area contributed by atoms with E-state index in [2.05, 4.69) is 49.4 Å².